The van der Waals surface area contributed by atoms with Gasteiger partial charge in [0, 0.05) is 15.9 Å². The molecule has 1 aliphatic rings. The first kappa shape index (κ1) is 21.3. The van der Waals surface area contributed by atoms with Crippen molar-refractivity contribution >= 4 is 38.8 Å². The van der Waals surface area contributed by atoms with E-state index in [1.54, 1.807) is 19.1 Å². The van der Waals surface area contributed by atoms with Crippen LogP contribution < -0.4 is 10.9 Å². The number of carbonyl (C=O) groups excluding carboxylic acids is 2. The van der Waals surface area contributed by atoms with Crippen molar-refractivity contribution in [3.63, 3.8) is 0 Å². The van der Waals surface area contributed by atoms with E-state index in [-0.39, 0.29) is 17.9 Å². The van der Waals surface area contributed by atoms with Gasteiger partial charge in [-0.25, -0.2) is 9.59 Å². The van der Waals surface area contributed by atoms with E-state index < -0.39 is 17.2 Å². The number of nitrogens with zero attached hydrogens (tertiary/aromatic N) is 1. The first-order chi connectivity index (χ1) is 14.5. The Bertz CT molecular complexity index is 1260. The van der Waals surface area contributed by atoms with E-state index in [0.717, 1.165) is 14.9 Å². The van der Waals surface area contributed by atoms with Crippen LogP contribution in [0.2, 0.25) is 0 Å². The van der Waals surface area contributed by atoms with Crippen molar-refractivity contribution in [2.45, 2.75) is 45.2 Å². The lowest BCUT2D eigenvalue weighted by molar-refractivity contribution is -0.131. The monoisotopic (exact) mass is 482 g/mol. The normalized spacial score (nSPS) is 19.2. The molecule has 3 amide bonds. The molecule has 0 radical (unpaired) electrons. The molecule has 4 rings (SSSR count). The number of imide groups is 1. The highest BCUT2D eigenvalue weighted by atomic mass is 79.9. The maximum Gasteiger partial charge on any atom is 0.336 e. The third-order valence-electron chi connectivity index (χ3n) is 5.72. The van der Waals surface area contributed by atoms with Gasteiger partial charge in [-0.2, -0.15) is 0 Å². The number of benzene rings is 2. The van der Waals surface area contributed by atoms with Crippen LogP contribution in [0.4, 0.5) is 4.79 Å². The molecular weight excluding hydrogens is 460 g/mol. The summed E-state index contributed by atoms with van der Waals surface area (Å²) in [6.07, 6.45) is 0. The lowest BCUT2D eigenvalue weighted by Gasteiger charge is -2.24. The molecule has 1 saturated heterocycles. The summed E-state index contributed by atoms with van der Waals surface area (Å²) in [5.74, 6) is -0.362. The summed E-state index contributed by atoms with van der Waals surface area (Å²) < 4.78 is 6.03. The van der Waals surface area contributed by atoms with Crippen molar-refractivity contribution < 1.29 is 14.0 Å². The van der Waals surface area contributed by atoms with Crippen LogP contribution >= 0.6 is 15.9 Å². The molecule has 1 unspecified atom stereocenters. The van der Waals surface area contributed by atoms with E-state index in [1.165, 1.54) is 6.07 Å². The van der Waals surface area contributed by atoms with Crippen LogP contribution in [0.15, 0.2) is 62.2 Å². The van der Waals surface area contributed by atoms with Crippen molar-refractivity contribution in [2.24, 2.45) is 0 Å². The van der Waals surface area contributed by atoms with Gasteiger partial charge in [0.05, 0.1) is 6.54 Å². The highest BCUT2D eigenvalue weighted by Gasteiger charge is 2.49. The van der Waals surface area contributed by atoms with Gasteiger partial charge >= 0.3 is 11.7 Å². The van der Waals surface area contributed by atoms with Crippen LogP contribution in [-0.2, 0) is 22.3 Å². The minimum Gasteiger partial charge on any atom is -0.423 e. The maximum atomic E-state index is 13.3. The lowest BCUT2D eigenvalue weighted by Crippen LogP contribution is -2.40. The average molecular weight is 483 g/mol. The molecule has 7 heteroatoms. The van der Waals surface area contributed by atoms with Crippen LogP contribution in [0.1, 0.15) is 44.4 Å². The zero-order valence-electron chi connectivity index (χ0n) is 17.8. The number of rotatable bonds is 3. The fourth-order valence-corrected chi connectivity index (χ4v) is 4.18. The van der Waals surface area contributed by atoms with Gasteiger partial charge < -0.3 is 9.73 Å². The van der Waals surface area contributed by atoms with Gasteiger partial charge in [-0.05, 0) is 47.2 Å². The van der Waals surface area contributed by atoms with Gasteiger partial charge in [-0.1, -0.05) is 61.0 Å². The van der Waals surface area contributed by atoms with E-state index in [2.05, 4.69) is 42.0 Å². The molecule has 1 N–H and O–H groups in total. The van der Waals surface area contributed by atoms with E-state index >= 15 is 0 Å². The number of nitrogens with one attached hydrogen (secondary N) is 1. The van der Waals surface area contributed by atoms with Gasteiger partial charge in [0.1, 0.15) is 11.1 Å². The Labute approximate surface area is 188 Å². The van der Waals surface area contributed by atoms with Gasteiger partial charge in [0.15, 0.2) is 0 Å². The minimum absolute atomic E-state index is 0.0150. The summed E-state index contributed by atoms with van der Waals surface area (Å²) in [5.41, 5.74) is 1.07. The first-order valence-electron chi connectivity index (χ1n) is 9.96. The van der Waals surface area contributed by atoms with E-state index in [9.17, 15) is 14.4 Å². The molecule has 1 fully saturated rings. The molecule has 31 heavy (non-hydrogen) atoms. The van der Waals surface area contributed by atoms with Crippen LogP contribution in [-0.4, -0.2) is 16.8 Å². The topological polar surface area (TPSA) is 79.6 Å². The quantitative estimate of drug-likeness (QED) is 0.428. The molecule has 6 nitrogen and oxygen atoms in total. The number of hydrogen-bond acceptors (Lipinski definition) is 4. The molecule has 0 bridgehead atoms. The Hall–Kier alpha value is -2.93. The Morgan fingerprint density at radius 3 is 2.35 bits per heavy atom. The summed E-state index contributed by atoms with van der Waals surface area (Å²) in [7, 11) is 0. The molecule has 1 aromatic heterocycles. The Morgan fingerprint density at radius 2 is 1.71 bits per heavy atom. The smallest absolute Gasteiger partial charge is 0.336 e. The standard InChI is InChI=1S/C24H23BrN2O4/c1-23(2,3)15-5-7-16(8-6-15)24(4)21(29)27(22(30)26-24)13-14-11-20(28)31-19-12-17(25)9-10-18(14)19/h5-12H,13H2,1-4H3,(H,26,30). The van der Waals surface area contributed by atoms with Crippen molar-refractivity contribution in [1.29, 1.82) is 0 Å². The molecule has 1 atom stereocenters. The Morgan fingerprint density at radius 1 is 1.03 bits per heavy atom. The number of amides is 3. The maximum absolute atomic E-state index is 13.3. The summed E-state index contributed by atoms with van der Waals surface area (Å²) in [6, 6.07) is 13.9. The summed E-state index contributed by atoms with van der Waals surface area (Å²) >= 11 is 3.36. The van der Waals surface area contributed by atoms with Crippen molar-refractivity contribution in [3.8, 4) is 0 Å². The molecule has 0 aliphatic carbocycles. The van der Waals surface area contributed by atoms with E-state index in [0.29, 0.717) is 22.1 Å². The fraction of sp³-hybridized carbons (Fsp3) is 0.292. The zero-order valence-corrected chi connectivity index (χ0v) is 19.4. The van der Waals surface area contributed by atoms with Gasteiger partial charge in [0.2, 0.25) is 0 Å². The largest absolute Gasteiger partial charge is 0.423 e. The van der Waals surface area contributed by atoms with Crippen molar-refractivity contribution in [1.82, 2.24) is 10.2 Å². The first-order valence-corrected chi connectivity index (χ1v) is 10.8. The molecule has 1 aliphatic heterocycles. The lowest BCUT2D eigenvalue weighted by atomic mass is 9.84. The van der Waals surface area contributed by atoms with Crippen LogP contribution in [0, 0.1) is 0 Å². The van der Waals surface area contributed by atoms with Crippen LogP contribution in [0.5, 0.6) is 0 Å². The summed E-state index contributed by atoms with van der Waals surface area (Å²) in [4.78, 5) is 39.3. The SMILES string of the molecule is CC(C)(C)c1ccc(C2(C)NC(=O)N(Cc3cc(=O)oc4cc(Br)ccc34)C2=O)cc1. The molecule has 160 valence electrons. The zero-order chi connectivity index (χ0) is 22.6. The van der Waals surface area contributed by atoms with Gasteiger partial charge in [0.25, 0.3) is 5.91 Å². The summed E-state index contributed by atoms with van der Waals surface area (Å²) in [6.45, 7) is 8.03. The molecule has 0 saturated carbocycles. The third kappa shape index (κ3) is 3.78. The number of halogens is 1. The number of urea groups is 1. The van der Waals surface area contributed by atoms with Crippen LogP contribution in [0.25, 0.3) is 11.0 Å². The minimum atomic E-state index is -1.17. The highest BCUT2D eigenvalue weighted by molar-refractivity contribution is 9.10. The van der Waals surface area contributed by atoms with Crippen molar-refractivity contribution in [2.75, 3.05) is 0 Å². The number of hydrogen-bond donors (Lipinski definition) is 1. The molecular formula is C24H23BrN2O4. The second kappa shape index (κ2) is 7.34. The molecule has 2 heterocycles. The second-order valence-corrected chi connectivity index (χ2v) is 9.92. The van der Waals surface area contributed by atoms with Gasteiger partial charge in [-0.15, -0.1) is 0 Å². The van der Waals surface area contributed by atoms with Gasteiger partial charge in [-0.3, -0.25) is 9.69 Å². The average Bonchev–Trinajstić information content (AvgIpc) is 2.91. The molecule has 2 aromatic carbocycles. The Balaban J connectivity index is 1.68. The second-order valence-electron chi connectivity index (χ2n) is 9.00. The fourth-order valence-electron chi connectivity index (χ4n) is 3.84. The summed E-state index contributed by atoms with van der Waals surface area (Å²) in [5, 5.41) is 3.50. The van der Waals surface area contributed by atoms with Crippen LogP contribution in [0.3, 0.4) is 0 Å². The van der Waals surface area contributed by atoms with Crippen molar-refractivity contribution in [3.05, 3.63) is 80.1 Å². The van der Waals surface area contributed by atoms with E-state index in [1.807, 2.05) is 30.3 Å². The molecule has 3 aromatic rings. The number of carbonyl (C=O) groups is 2. The Kier molecular flexibility index (Phi) is 5.04. The predicted molar refractivity (Wildman–Crippen MR) is 122 cm³/mol. The third-order valence-corrected chi connectivity index (χ3v) is 6.22. The van der Waals surface area contributed by atoms with E-state index in [4.69, 9.17) is 4.42 Å². The predicted octanol–water partition coefficient (Wildman–Crippen LogP) is 4.82. The highest BCUT2D eigenvalue weighted by Crippen LogP contribution is 2.32. The number of fused-ring (bicyclic) bond motifs is 1. The molecule has 0 spiro atoms.